The van der Waals surface area contributed by atoms with Crippen molar-refractivity contribution in [1.82, 2.24) is 20.0 Å². The fourth-order valence-corrected chi connectivity index (χ4v) is 8.93. The highest BCUT2D eigenvalue weighted by molar-refractivity contribution is 7.52. The number of ether oxygens (including phenoxy) is 1. The van der Waals surface area contributed by atoms with Gasteiger partial charge in [0.05, 0.1) is 24.4 Å². The molecule has 0 unspecified atom stereocenters. The van der Waals surface area contributed by atoms with Crippen molar-refractivity contribution in [1.29, 1.82) is 0 Å². The van der Waals surface area contributed by atoms with Gasteiger partial charge in [-0.2, -0.15) is 8.78 Å². The van der Waals surface area contributed by atoms with Gasteiger partial charge in [0.2, 0.25) is 11.8 Å². The summed E-state index contributed by atoms with van der Waals surface area (Å²) in [6.07, 6.45) is -1.70. The maximum absolute atomic E-state index is 14.4. The number of fused-ring (bicyclic) bond motifs is 2. The number of benzene rings is 2. The van der Waals surface area contributed by atoms with Gasteiger partial charge in [-0.05, 0) is 48.4 Å². The van der Waals surface area contributed by atoms with Crippen molar-refractivity contribution in [2.45, 2.75) is 55.4 Å². The summed E-state index contributed by atoms with van der Waals surface area (Å²) >= 11 is 0.879. The van der Waals surface area contributed by atoms with Gasteiger partial charge in [-0.1, -0.05) is 36.4 Å². The number of methoxy groups -OCH3 is 1. The molecule has 280 valence electrons. The second-order valence-corrected chi connectivity index (χ2v) is 16.0. The topological polar surface area (TPSA) is 157 Å². The first-order chi connectivity index (χ1) is 24.6. The van der Waals surface area contributed by atoms with Gasteiger partial charge in [-0.3, -0.25) is 28.6 Å². The number of thiophene rings is 1. The highest BCUT2D eigenvalue weighted by Gasteiger charge is 2.51. The van der Waals surface area contributed by atoms with Crippen LogP contribution in [0.2, 0.25) is 0 Å². The Kier molecular flexibility index (Phi) is 10.8. The number of alkyl halides is 4. The second kappa shape index (κ2) is 14.9. The normalized spacial score (nSPS) is 24.5. The van der Waals surface area contributed by atoms with E-state index in [9.17, 15) is 41.3 Å². The largest absolute Gasteiger partial charge is 0.469 e. The molecule has 0 radical (unpaired) electrons. The minimum absolute atomic E-state index is 0.0228. The predicted molar refractivity (Wildman–Crippen MR) is 181 cm³/mol. The molecule has 3 aromatic rings. The second-order valence-electron chi connectivity index (χ2n) is 13.3. The smallest absolute Gasteiger partial charge is 0.399 e. The number of nitrogens with one attached hydrogen (secondary N) is 1. The van der Waals surface area contributed by atoms with Crippen LogP contribution in [0.15, 0.2) is 54.6 Å². The predicted octanol–water partition coefficient (Wildman–Crippen LogP) is 3.97. The van der Waals surface area contributed by atoms with Crippen LogP contribution < -0.4 is 5.32 Å². The molecule has 52 heavy (non-hydrogen) atoms. The molecule has 12 nitrogen and oxygen atoms in total. The van der Waals surface area contributed by atoms with Crippen LogP contribution in [-0.2, 0) is 29.3 Å². The zero-order valence-corrected chi connectivity index (χ0v) is 29.6. The standard InChI is InChI=1S/C34H37F4N4O8PS/c1-50-33(46)24-16-41(15-23(24)19-5-3-2-4-6-19)32(45)26-9-8-22-11-12-40(18-29(35)36)17-25(31(44)42(22)26)39-30(43)28-14-20-13-21(7-10-27(20)52-28)34(37,38)51(47,48)49/h2-7,10,13-14,22-26,29H,8-9,11-12,15-18H2,1H3,(H,39,43)(H2,47,48,49)/t22-,23-,24+,25+,26+/m1/s1. The summed E-state index contributed by atoms with van der Waals surface area (Å²) < 4.78 is 72.7. The molecule has 4 heterocycles. The molecule has 3 amide bonds. The van der Waals surface area contributed by atoms with Crippen LogP contribution in [0, 0.1) is 5.92 Å². The van der Waals surface area contributed by atoms with Gasteiger partial charge in [0.15, 0.2) is 0 Å². The summed E-state index contributed by atoms with van der Waals surface area (Å²) in [7, 11) is -4.57. The lowest BCUT2D eigenvalue weighted by Gasteiger charge is -2.39. The third-order valence-electron chi connectivity index (χ3n) is 10.1. The average Bonchev–Trinajstić information content (AvgIpc) is 3.85. The van der Waals surface area contributed by atoms with Crippen LogP contribution in [-0.4, -0.2) is 113 Å². The Morgan fingerprint density at radius 2 is 1.77 bits per heavy atom. The van der Waals surface area contributed by atoms with Gasteiger partial charge >= 0.3 is 19.2 Å². The summed E-state index contributed by atoms with van der Waals surface area (Å²) in [6.45, 7) is -0.494. The van der Waals surface area contributed by atoms with Gasteiger partial charge in [0, 0.05) is 48.4 Å². The quantitative estimate of drug-likeness (QED) is 0.167. The maximum atomic E-state index is 14.4. The number of likely N-dealkylation sites (tertiary alicyclic amines) is 1. The molecule has 2 aromatic carbocycles. The zero-order chi connectivity index (χ0) is 37.5. The number of amides is 3. The van der Waals surface area contributed by atoms with E-state index in [0.717, 1.165) is 29.0 Å². The van der Waals surface area contributed by atoms with Gasteiger partial charge in [0.25, 0.3) is 12.3 Å². The molecule has 0 bridgehead atoms. The van der Waals surface area contributed by atoms with Crippen LogP contribution in [0.5, 0.6) is 0 Å². The molecule has 3 fully saturated rings. The van der Waals surface area contributed by atoms with Crippen LogP contribution >= 0.6 is 18.9 Å². The molecule has 0 spiro atoms. The molecule has 3 aliphatic rings. The number of hydrogen-bond donors (Lipinski definition) is 3. The number of nitrogens with zero attached hydrogens (tertiary/aromatic N) is 3. The van der Waals surface area contributed by atoms with Crippen molar-refractivity contribution in [3.8, 4) is 0 Å². The minimum Gasteiger partial charge on any atom is -0.469 e. The molecule has 0 aliphatic carbocycles. The van der Waals surface area contributed by atoms with Gasteiger partial charge in [-0.15, -0.1) is 11.3 Å². The van der Waals surface area contributed by atoms with Gasteiger partial charge in [-0.25, -0.2) is 8.78 Å². The van der Waals surface area contributed by atoms with E-state index in [0.29, 0.717) is 17.5 Å². The van der Waals surface area contributed by atoms with Gasteiger partial charge < -0.3 is 29.6 Å². The summed E-state index contributed by atoms with van der Waals surface area (Å²) in [5, 5.41) is 2.72. The lowest BCUT2D eigenvalue weighted by Crippen LogP contribution is -2.61. The summed E-state index contributed by atoms with van der Waals surface area (Å²) in [5.74, 6) is -3.25. The molecule has 3 saturated heterocycles. The average molecular weight is 769 g/mol. The van der Waals surface area contributed by atoms with Crippen molar-refractivity contribution in [2.75, 3.05) is 39.8 Å². The minimum atomic E-state index is -5.85. The Hall–Kier alpha value is -3.89. The number of halogens is 4. The number of carbonyl (C=O) groups is 4. The number of carbonyl (C=O) groups excluding carboxylic acids is 4. The van der Waals surface area contributed by atoms with E-state index < -0.39 is 73.6 Å². The Morgan fingerprint density at radius 1 is 1.04 bits per heavy atom. The molecule has 5 atom stereocenters. The van der Waals surface area contributed by atoms with E-state index >= 15 is 0 Å². The van der Waals surface area contributed by atoms with E-state index in [1.54, 1.807) is 4.90 Å². The highest BCUT2D eigenvalue weighted by Crippen LogP contribution is 2.59. The molecule has 0 saturated carbocycles. The van der Waals surface area contributed by atoms with Crippen molar-refractivity contribution in [3.63, 3.8) is 0 Å². The Balaban J connectivity index is 1.25. The first-order valence-electron chi connectivity index (χ1n) is 16.6. The van der Waals surface area contributed by atoms with Crippen LogP contribution in [0.3, 0.4) is 0 Å². The fourth-order valence-electron chi connectivity index (χ4n) is 7.51. The van der Waals surface area contributed by atoms with E-state index in [4.69, 9.17) is 14.5 Å². The summed E-state index contributed by atoms with van der Waals surface area (Å²) in [5.41, 5.74) is -4.56. The highest BCUT2D eigenvalue weighted by atomic mass is 32.1. The van der Waals surface area contributed by atoms with E-state index in [1.165, 1.54) is 29.0 Å². The summed E-state index contributed by atoms with van der Waals surface area (Å²) in [6, 6.07) is 10.6. The van der Waals surface area contributed by atoms with Crippen molar-refractivity contribution in [3.05, 3.63) is 70.6 Å². The fraction of sp³-hybridized carbons (Fsp3) is 0.471. The van der Waals surface area contributed by atoms with Crippen molar-refractivity contribution in [2.24, 2.45) is 5.92 Å². The maximum Gasteiger partial charge on any atom is 0.399 e. The zero-order valence-electron chi connectivity index (χ0n) is 27.9. The molecule has 1 aromatic heterocycles. The lowest BCUT2D eigenvalue weighted by atomic mass is 9.89. The third kappa shape index (κ3) is 7.47. The first-order valence-corrected chi connectivity index (χ1v) is 19.0. The molecule has 3 aliphatic heterocycles. The van der Waals surface area contributed by atoms with Crippen LogP contribution in [0.4, 0.5) is 17.6 Å². The van der Waals surface area contributed by atoms with E-state index in [-0.39, 0.29) is 54.7 Å². The molecule has 18 heteroatoms. The lowest BCUT2D eigenvalue weighted by molar-refractivity contribution is -0.148. The van der Waals surface area contributed by atoms with Crippen LogP contribution in [0.25, 0.3) is 10.1 Å². The number of rotatable bonds is 9. The molecule has 3 N–H and O–H groups in total. The molecular weight excluding hydrogens is 731 g/mol. The Labute approximate surface area is 299 Å². The SMILES string of the molecule is COC(=O)[C@H]1CN(C(=O)[C@@H]2CC[C@@H]3CCN(CC(F)F)C[C@H](NC(=O)c4cc5cc(C(F)(F)P(=O)(O)O)ccc5s4)C(=O)N32)C[C@@H]1c1ccccc1. The third-order valence-corrected chi connectivity index (χ3v) is 12.2. The van der Waals surface area contributed by atoms with E-state index in [2.05, 4.69) is 5.32 Å². The van der Waals surface area contributed by atoms with Crippen molar-refractivity contribution >= 4 is 52.7 Å². The molecular formula is C34H37F4N4O8PS. The Bertz CT molecular complexity index is 1890. The first kappa shape index (κ1) is 37.9. The number of esters is 1. The summed E-state index contributed by atoms with van der Waals surface area (Å²) in [4.78, 5) is 77.5. The van der Waals surface area contributed by atoms with E-state index in [1.807, 2.05) is 30.3 Å². The Morgan fingerprint density at radius 3 is 2.44 bits per heavy atom. The van der Waals surface area contributed by atoms with Crippen molar-refractivity contribution < 1.29 is 55.8 Å². The van der Waals surface area contributed by atoms with Gasteiger partial charge in [0.1, 0.15) is 12.1 Å². The molecule has 6 rings (SSSR count). The number of hydrogen-bond acceptors (Lipinski definition) is 8. The van der Waals surface area contributed by atoms with Crippen LogP contribution in [0.1, 0.15) is 46.0 Å². The monoisotopic (exact) mass is 768 g/mol.